The van der Waals surface area contributed by atoms with Crippen LogP contribution in [0.3, 0.4) is 0 Å². The number of rotatable bonds is 3. The van der Waals surface area contributed by atoms with Gasteiger partial charge in [-0.15, -0.1) is 11.3 Å². The van der Waals surface area contributed by atoms with Crippen LogP contribution in [0.5, 0.6) is 5.75 Å². The number of anilines is 1. The number of aromatic nitrogens is 1. The van der Waals surface area contributed by atoms with Crippen molar-refractivity contribution in [2.45, 2.75) is 19.3 Å². The molecule has 23 heavy (non-hydrogen) atoms. The first-order chi connectivity index (χ1) is 11.3. The van der Waals surface area contributed by atoms with Crippen LogP contribution in [-0.2, 0) is 0 Å². The van der Waals surface area contributed by atoms with E-state index in [1.165, 1.54) is 48.3 Å². The zero-order valence-corrected chi connectivity index (χ0v) is 14.1. The number of thiazole rings is 1. The Morgan fingerprint density at radius 3 is 2.52 bits per heavy atom. The Bertz CT molecular complexity index is 804. The number of hydrogen-bond acceptors (Lipinski definition) is 4. The Balaban J connectivity index is 1.62. The normalized spacial score (nSPS) is 15.1. The smallest absolute Gasteiger partial charge is 0.124 e. The van der Waals surface area contributed by atoms with Gasteiger partial charge in [0.05, 0.1) is 17.3 Å². The Kier molecular flexibility index (Phi) is 3.92. The van der Waals surface area contributed by atoms with Crippen molar-refractivity contribution in [3.63, 3.8) is 0 Å². The van der Waals surface area contributed by atoms with Crippen LogP contribution in [0, 0.1) is 0 Å². The highest BCUT2D eigenvalue weighted by molar-refractivity contribution is 7.21. The Morgan fingerprint density at radius 1 is 1.00 bits per heavy atom. The van der Waals surface area contributed by atoms with E-state index < -0.39 is 0 Å². The van der Waals surface area contributed by atoms with E-state index in [0.717, 1.165) is 16.3 Å². The number of ether oxygens (including phenoxy) is 1. The summed E-state index contributed by atoms with van der Waals surface area (Å²) in [6, 6.07) is 14.9. The number of methoxy groups -OCH3 is 1. The van der Waals surface area contributed by atoms with Crippen LogP contribution >= 0.6 is 11.3 Å². The highest BCUT2D eigenvalue weighted by atomic mass is 32.1. The number of nitrogens with zero attached hydrogens (tertiary/aromatic N) is 2. The first-order valence-electron chi connectivity index (χ1n) is 8.13. The standard InChI is InChI=1S/C19H20N2OS/c1-22-16-9-10-17-18(13-16)23-19(20-17)14-5-7-15(8-6-14)21-11-3-2-4-12-21/h5-10,13H,2-4,11-12H2,1H3. The fraction of sp³-hybridized carbons (Fsp3) is 0.316. The average Bonchev–Trinajstić information content (AvgIpc) is 3.05. The van der Waals surface area contributed by atoms with E-state index in [1.54, 1.807) is 18.4 Å². The molecular formula is C19H20N2OS. The molecule has 0 unspecified atom stereocenters. The molecule has 1 aliphatic heterocycles. The molecular weight excluding hydrogens is 304 g/mol. The monoisotopic (exact) mass is 324 g/mol. The van der Waals surface area contributed by atoms with Crippen LogP contribution in [0.1, 0.15) is 19.3 Å². The predicted octanol–water partition coefficient (Wildman–Crippen LogP) is 4.96. The molecule has 118 valence electrons. The van der Waals surface area contributed by atoms with Gasteiger partial charge in [0.25, 0.3) is 0 Å². The molecule has 1 saturated heterocycles. The first kappa shape index (κ1) is 14.5. The van der Waals surface area contributed by atoms with Gasteiger partial charge in [-0.3, -0.25) is 0 Å². The van der Waals surface area contributed by atoms with Crippen LogP contribution in [0.4, 0.5) is 5.69 Å². The van der Waals surface area contributed by atoms with Crippen molar-refractivity contribution < 1.29 is 4.74 Å². The van der Waals surface area contributed by atoms with Crippen LogP contribution in [-0.4, -0.2) is 25.2 Å². The maximum Gasteiger partial charge on any atom is 0.124 e. The van der Waals surface area contributed by atoms with E-state index in [0.29, 0.717) is 0 Å². The molecule has 0 bridgehead atoms. The second kappa shape index (κ2) is 6.20. The van der Waals surface area contributed by atoms with Gasteiger partial charge < -0.3 is 9.64 Å². The van der Waals surface area contributed by atoms with Gasteiger partial charge in [-0.05, 0) is 61.7 Å². The van der Waals surface area contributed by atoms with Crippen molar-refractivity contribution in [3.05, 3.63) is 42.5 Å². The molecule has 0 aliphatic carbocycles. The number of piperidine rings is 1. The minimum atomic E-state index is 0.883. The maximum absolute atomic E-state index is 5.29. The van der Waals surface area contributed by atoms with Crippen LogP contribution in [0.15, 0.2) is 42.5 Å². The third kappa shape index (κ3) is 2.91. The van der Waals surface area contributed by atoms with Crippen molar-refractivity contribution in [1.82, 2.24) is 4.98 Å². The van der Waals surface area contributed by atoms with Crippen molar-refractivity contribution in [2.24, 2.45) is 0 Å². The molecule has 0 amide bonds. The molecule has 0 spiro atoms. The van der Waals surface area contributed by atoms with Crippen LogP contribution in [0.25, 0.3) is 20.8 Å². The molecule has 1 fully saturated rings. The molecule has 1 aromatic heterocycles. The van der Waals surface area contributed by atoms with E-state index in [4.69, 9.17) is 9.72 Å². The molecule has 2 aromatic carbocycles. The fourth-order valence-corrected chi connectivity index (χ4v) is 4.12. The maximum atomic E-state index is 5.29. The second-order valence-electron chi connectivity index (χ2n) is 5.95. The largest absolute Gasteiger partial charge is 0.497 e. The zero-order valence-electron chi connectivity index (χ0n) is 13.3. The van der Waals surface area contributed by atoms with Gasteiger partial charge in [-0.25, -0.2) is 4.98 Å². The molecule has 4 heteroatoms. The van der Waals surface area contributed by atoms with Crippen molar-refractivity contribution in [3.8, 4) is 16.3 Å². The van der Waals surface area contributed by atoms with Gasteiger partial charge in [0.15, 0.2) is 0 Å². The third-order valence-electron chi connectivity index (χ3n) is 4.43. The molecule has 0 N–H and O–H groups in total. The molecule has 0 radical (unpaired) electrons. The van der Waals surface area contributed by atoms with Gasteiger partial charge in [0.2, 0.25) is 0 Å². The SMILES string of the molecule is COc1ccc2nc(-c3ccc(N4CCCCC4)cc3)sc2c1. The van der Waals surface area contributed by atoms with Gasteiger partial charge >= 0.3 is 0 Å². The second-order valence-corrected chi connectivity index (χ2v) is 6.98. The molecule has 4 rings (SSSR count). The molecule has 2 heterocycles. The number of hydrogen-bond donors (Lipinski definition) is 0. The van der Waals surface area contributed by atoms with Crippen LogP contribution in [0.2, 0.25) is 0 Å². The summed E-state index contributed by atoms with van der Waals surface area (Å²) in [7, 11) is 1.70. The fourth-order valence-electron chi connectivity index (χ4n) is 3.12. The van der Waals surface area contributed by atoms with Crippen LogP contribution < -0.4 is 9.64 Å². The lowest BCUT2D eigenvalue weighted by Gasteiger charge is -2.28. The molecule has 3 aromatic rings. The summed E-state index contributed by atoms with van der Waals surface area (Å²) in [6.07, 6.45) is 3.98. The van der Waals surface area contributed by atoms with Crippen molar-refractivity contribution >= 4 is 27.2 Å². The number of benzene rings is 2. The van der Waals surface area contributed by atoms with E-state index in [-0.39, 0.29) is 0 Å². The third-order valence-corrected chi connectivity index (χ3v) is 5.50. The lowest BCUT2D eigenvalue weighted by molar-refractivity contribution is 0.415. The Labute approximate surface area is 140 Å². The lowest BCUT2D eigenvalue weighted by Crippen LogP contribution is -2.29. The topological polar surface area (TPSA) is 25.4 Å². The van der Waals surface area contributed by atoms with Gasteiger partial charge in [-0.2, -0.15) is 0 Å². The average molecular weight is 324 g/mol. The summed E-state index contributed by atoms with van der Waals surface area (Å²) in [5.74, 6) is 0.883. The summed E-state index contributed by atoms with van der Waals surface area (Å²) in [5.41, 5.74) is 3.55. The summed E-state index contributed by atoms with van der Waals surface area (Å²) in [4.78, 5) is 7.23. The van der Waals surface area contributed by atoms with Gasteiger partial charge in [0, 0.05) is 24.3 Å². The predicted molar refractivity (Wildman–Crippen MR) is 97.7 cm³/mol. The summed E-state index contributed by atoms with van der Waals surface area (Å²) in [5, 5.41) is 1.07. The van der Waals surface area contributed by atoms with E-state index in [9.17, 15) is 0 Å². The molecule has 1 aliphatic rings. The number of fused-ring (bicyclic) bond motifs is 1. The Hall–Kier alpha value is -2.07. The van der Waals surface area contributed by atoms with Crippen molar-refractivity contribution in [2.75, 3.05) is 25.1 Å². The minimum absolute atomic E-state index is 0.883. The van der Waals surface area contributed by atoms with Gasteiger partial charge in [0.1, 0.15) is 10.8 Å². The molecule has 3 nitrogen and oxygen atoms in total. The van der Waals surface area contributed by atoms with E-state index in [2.05, 4.69) is 35.2 Å². The van der Waals surface area contributed by atoms with Crippen molar-refractivity contribution in [1.29, 1.82) is 0 Å². The molecule has 0 saturated carbocycles. The zero-order chi connectivity index (χ0) is 15.6. The quantitative estimate of drug-likeness (QED) is 0.681. The van der Waals surface area contributed by atoms with E-state index in [1.807, 2.05) is 12.1 Å². The summed E-state index contributed by atoms with van der Waals surface area (Å²) < 4.78 is 6.46. The Morgan fingerprint density at radius 2 is 1.78 bits per heavy atom. The highest BCUT2D eigenvalue weighted by Gasteiger charge is 2.12. The van der Waals surface area contributed by atoms with E-state index >= 15 is 0 Å². The summed E-state index contributed by atoms with van der Waals surface area (Å²) in [6.45, 7) is 2.36. The minimum Gasteiger partial charge on any atom is -0.497 e. The first-order valence-corrected chi connectivity index (χ1v) is 8.95. The summed E-state index contributed by atoms with van der Waals surface area (Å²) >= 11 is 1.72. The highest BCUT2D eigenvalue weighted by Crippen LogP contribution is 2.33. The van der Waals surface area contributed by atoms with Gasteiger partial charge in [-0.1, -0.05) is 0 Å². The lowest BCUT2D eigenvalue weighted by atomic mass is 10.1. The molecule has 0 atom stereocenters.